The predicted molar refractivity (Wildman–Crippen MR) is 51.6 cm³/mol. The molecule has 15 heavy (non-hydrogen) atoms. The molecular formula is C9H16N2O4. The summed E-state index contributed by atoms with van der Waals surface area (Å²) in [5, 5.41) is 17.8. The first-order valence-electron chi connectivity index (χ1n) is 5.01. The van der Waals surface area contributed by atoms with Crippen LogP contribution in [0.3, 0.4) is 0 Å². The van der Waals surface area contributed by atoms with E-state index in [1.807, 2.05) is 6.92 Å². The topological polar surface area (TPSA) is 81.1 Å². The minimum atomic E-state index is -0.628. The zero-order chi connectivity index (χ0) is 11.4. The van der Waals surface area contributed by atoms with Gasteiger partial charge in [0, 0.05) is 0 Å². The summed E-state index contributed by atoms with van der Waals surface area (Å²) in [5.41, 5.74) is 0. The highest BCUT2D eigenvalue weighted by atomic mass is 16.3. The Morgan fingerprint density at radius 3 is 2.40 bits per heavy atom. The molecule has 1 heterocycles. The summed E-state index contributed by atoms with van der Waals surface area (Å²) in [6.07, 6.45) is 2.24. The molecule has 0 aromatic rings. The molecule has 1 atom stereocenters. The quantitative estimate of drug-likeness (QED) is 0.619. The van der Waals surface area contributed by atoms with Crippen LogP contribution in [0.1, 0.15) is 26.2 Å². The summed E-state index contributed by atoms with van der Waals surface area (Å²) in [6.45, 7) is 0.862. The molecule has 86 valence electrons. The molecule has 1 fully saturated rings. The third-order valence-corrected chi connectivity index (χ3v) is 2.53. The van der Waals surface area contributed by atoms with E-state index >= 15 is 0 Å². The van der Waals surface area contributed by atoms with Gasteiger partial charge in [0.15, 0.2) is 0 Å². The van der Waals surface area contributed by atoms with Crippen LogP contribution >= 0.6 is 0 Å². The number of urea groups is 1. The van der Waals surface area contributed by atoms with Gasteiger partial charge < -0.3 is 10.2 Å². The summed E-state index contributed by atoms with van der Waals surface area (Å²) in [7, 11) is 0. The first-order chi connectivity index (χ1) is 7.17. The van der Waals surface area contributed by atoms with Crippen molar-refractivity contribution >= 4 is 11.9 Å². The van der Waals surface area contributed by atoms with Crippen molar-refractivity contribution in [1.82, 2.24) is 9.80 Å². The van der Waals surface area contributed by atoms with E-state index in [1.165, 1.54) is 0 Å². The molecular weight excluding hydrogens is 200 g/mol. The summed E-state index contributed by atoms with van der Waals surface area (Å²) in [4.78, 5) is 24.9. The fourth-order valence-corrected chi connectivity index (χ4v) is 1.66. The molecule has 1 rings (SSSR count). The van der Waals surface area contributed by atoms with Crippen molar-refractivity contribution < 1.29 is 19.8 Å². The zero-order valence-corrected chi connectivity index (χ0v) is 8.72. The van der Waals surface area contributed by atoms with E-state index in [2.05, 4.69) is 0 Å². The Morgan fingerprint density at radius 2 is 1.93 bits per heavy atom. The Hall–Kier alpha value is -1.14. The minimum Gasteiger partial charge on any atom is -0.376 e. The molecule has 1 unspecified atom stereocenters. The molecule has 0 aliphatic carbocycles. The number of carbonyl (C=O) groups excluding carboxylic acids is 2. The monoisotopic (exact) mass is 216 g/mol. The van der Waals surface area contributed by atoms with Gasteiger partial charge in [0.1, 0.15) is 19.5 Å². The van der Waals surface area contributed by atoms with Gasteiger partial charge in [-0.15, -0.1) is 0 Å². The number of aliphatic hydroxyl groups is 2. The number of aliphatic hydroxyl groups excluding tert-OH is 2. The number of unbranched alkanes of at least 4 members (excludes halogenated alkanes) is 1. The highest BCUT2D eigenvalue weighted by Gasteiger charge is 2.43. The Labute approximate surface area is 88.1 Å². The molecule has 3 amide bonds. The van der Waals surface area contributed by atoms with Crippen LogP contribution in [0.4, 0.5) is 4.79 Å². The van der Waals surface area contributed by atoms with E-state index in [0.29, 0.717) is 6.42 Å². The van der Waals surface area contributed by atoms with Gasteiger partial charge in [-0.2, -0.15) is 0 Å². The van der Waals surface area contributed by atoms with Crippen LogP contribution in [0, 0.1) is 0 Å². The van der Waals surface area contributed by atoms with E-state index in [9.17, 15) is 9.59 Å². The van der Waals surface area contributed by atoms with Crippen LogP contribution in [0.2, 0.25) is 0 Å². The first kappa shape index (κ1) is 11.9. The number of rotatable bonds is 5. The molecule has 0 bridgehead atoms. The highest BCUT2D eigenvalue weighted by Crippen LogP contribution is 2.20. The smallest absolute Gasteiger partial charge is 0.331 e. The maximum Gasteiger partial charge on any atom is 0.331 e. The molecule has 1 aliphatic heterocycles. The molecule has 0 aromatic carbocycles. The van der Waals surface area contributed by atoms with Gasteiger partial charge in [-0.05, 0) is 6.42 Å². The van der Waals surface area contributed by atoms with Crippen molar-refractivity contribution in [1.29, 1.82) is 0 Å². The van der Waals surface area contributed by atoms with Gasteiger partial charge in [-0.3, -0.25) is 9.69 Å². The minimum absolute atomic E-state index is 0.426. The summed E-state index contributed by atoms with van der Waals surface area (Å²) >= 11 is 0. The number of nitrogens with zero attached hydrogens (tertiary/aromatic N) is 2. The van der Waals surface area contributed by atoms with Crippen LogP contribution in [0.15, 0.2) is 0 Å². The molecule has 0 radical (unpaired) electrons. The maximum atomic E-state index is 11.6. The molecule has 1 aliphatic rings. The number of hydrogen-bond acceptors (Lipinski definition) is 4. The van der Waals surface area contributed by atoms with Crippen LogP contribution < -0.4 is 0 Å². The van der Waals surface area contributed by atoms with Crippen molar-refractivity contribution in [3.05, 3.63) is 0 Å². The van der Waals surface area contributed by atoms with Crippen molar-refractivity contribution in [3.8, 4) is 0 Å². The SMILES string of the molecule is CCCCC1C(=O)N(CO)C(=O)N1CO. The second-order valence-electron chi connectivity index (χ2n) is 3.46. The van der Waals surface area contributed by atoms with E-state index in [0.717, 1.165) is 22.6 Å². The van der Waals surface area contributed by atoms with Crippen molar-refractivity contribution in [2.45, 2.75) is 32.2 Å². The fourth-order valence-electron chi connectivity index (χ4n) is 1.66. The molecule has 6 heteroatoms. The lowest BCUT2D eigenvalue weighted by Crippen LogP contribution is -2.36. The average Bonchev–Trinajstić information content (AvgIpc) is 2.46. The lowest BCUT2D eigenvalue weighted by molar-refractivity contribution is -0.131. The van der Waals surface area contributed by atoms with Crippen molar-refractivity contribution in [2.75, 3.05) is 13.5 Å². The normalized spacial score (nSPS) is 21.7. The van der Waals surface area contributed by atoms with E-state index < -0.39 is 31.4 Å². The molecule has 0 aromatic heterocycles. The molecule has 0 saturated carbocycles. The summed E-state index contributed by atoms with van der Waals surface area (Å²) < 4.78 is 0. The molecule has 0 spiro atoms. The second kappa shape index (κ2) is 5.09. The summed E-state index contributed by atoms with van der Waals surface area (Å²) in [6, 6.07) is -1.24. The Balaban J connectivity index is 2.75. The van der Waals surface area contributed by atoms with Crippen molar-refractivity contribution in [2.24, 2.45) is 0 Å². The largest absolute Gasteiger partial charge is 0.376 e. The van der Waals surface area contributed by atoms with Gasteiger partial charge >= 0.3 is 6.03 Å². The average molecular weight is 216 g/mol. The maximum absolute atomic E-state index is 11.6. The van der Waals surface area contributed by atoms with Crippen LogP contribution in [0.25, 0.3) is 0 Å². The van der Waals surface area contributed by atoms with Gasteiger partial charge in [0.25, 0.3) is 5.91 Å². The van der Waals surface area contributed by atoms with E-state index in [4.69, 9.17) is 10.2 Å². The van der Waals surface area contributed by atoms with Gasteiger partial charge in [-0.1, -0.05) is 19.8 Å². The summed E-state index contributed by atoms with van der Waals surface area (Å²) in [5.74, 6) is -0.426. The Kier molecular flexibility index (Phi) is 4.05. The zero-order valence-electron chi connectivity index (χ0n) is 8.72. The fraction of sp³-hybridized carbons (Fsp3) is 0.778. The lowest BCUT2D eigenvalue weighted by atomic mass is 10.1. The third-order valence-electron chi connectivity index (χ3n) is 2.53. The van der Waals surface area contributed by atoms with E-state index in [1.54, 1.807) is 0 Å². The van der Waals surface area contributed by atoms with Gasteiger partial charge in [0.05, 0.1) is 0 Å². The van der Waals surface area contributed by atoms with Gasteiger partial charge in [0.2, 0.25) is 0 Å². The molecule has 2 N–H and O–H groups in total. The Morgan fingerprint density at radius 1 is 1.27 bits per heavy atom. The number of amides is 3. The third kappa shape index (κ3) is 2.10. The molecule has 1 saturated heterocycles. The van der Waals surface area contributed by atoms with Crippen LogP contribution in [-0.4, -0.2) is 51.5 Å². The number of imide groups is 1. The number of hydrogen-bond donors (Lipinski definition) is 2. The van der Waals surface area contributed by atoms with E-state index in [-0.39, 0.29) is 0 Å². The van der Waals surface area contributed by atoms with Gasteiger partial charge in [-0.25, -0.2) is 9.69 Å². The Bertz CT molecular complexity index is 256. The van der Waals surface area contributed by atoms with Crippen LogP contribution in [-0.2, 0) is 4.79 Å². The molecule has 6 nitrogen and oxygen atoms in total. The first-order valence-corrected chi connectivity index (χ1v) is 5.01. The standard InChI is InChI=1S/C9H16N2O4/c1-2-3-4-7-8(14)11(6-13)9(15)10(7)5-12/h7,12-13H,2-6H2,1H3. The predicted octanol–water partition coefficient (Wildman–Crippen LogP) is -0.291. The second-order valence-corrected chi connectivity index (χ2v) is 3.46. The van der Waals surface area contributed by atoms with Crippen LogP contribution in [0.5, 0.6) is 0 Å². The number of carbonyl (C=O) groups is 2. The van der Waals surface area contributed by atoms with Crippen molar-refractivity contribution in [3.63, 3.8) is 0 Å². The lowest BCUT2D eigenvalue weighted by Gasteiger charge is -2.18. The highest BCUT2D eigenvalue weighted by molar-refractivity contribution is 6.03.